The summed E-state index contributed by atoms with van der Waals surface area (Å²) in [6, 6.07) is 3.70. The quantitative estimate of drug-likeness (QED) is 0.790. The second-order valence-corrected chi connectivity index (χ2v) is 3.81. The summed E-state index contributed by atoms with van der Waals surface area (Å²) in [5.74, 6) is 0.594. The van der Waals surface area contributed by atoms with E-state index in [0.29, 0.717) is 11.0 Å². The van der Waals surface area contributed by atoms with Crippen LogP contribution in [0.15, 0.2) is 23.7 Å². The molecule has 0 aliphatic carbocycles. The first-order valence-electron chi connectivity index (χ1n) is 3.91. The maximum Gasteiger partial charge on any atom is 0.212 e. The molecule has 0 unspecified atom stereocenters. The minimum absolute atomic E-state index is 0.515. The molecular weight excluding hydrogens is 220 g/mol. The molecule has 0 N–H and O–H groups in total. The number of halogens is 1. The van der Waals surface area contributed by atoms with Crippen molar-refractivity contribution >= 4 is 22.9 Å². The highest BCUT2D eigenvalue weighted by molar-refractivity contribution is 7.13. The minimum atomic E-state index is 0.515. The first-order chi connectivity index (χ1) is 6.79. The third kappa shape index (κ3) is 1.86. The second kappa shape index (κ2) is 3.94. The molecule has 0 bridgehead atoms. The minimum Gasteiger partial charge on any atom is -0.481 e. The van der Waals surface area contributed by atoms with Gasteiger partial charge in [-0.2, -0.15) is 0 Å². The molecule has 0 aliphatic rings. The van der Waals surface area contributed by atoms with Gasteiger partial charge in [-0.05, 0) is 6.07 Å². The number of hydrogen-bond acceptors (Lipinski definition) is 4. The van der Waals surface area contributed by atoms with Crippen LogP contribution in [-0.4, -0.2) is 17.1 Å². The molecule has 0 aliphatic heterocycles. The number of thiazole rings is 1. The molecular formula is C9H7ClN2OS. The molecule has 0 saturated carbocycles. The molecule has 3 nitrogen and oxygen atoms in total. The molecule has 14 heavy (non-hydrogen) atoms. The summed E-state index contributed by atoms with van der Waals surface area (Å²) in [5, 5.41) is 3.17. The highest BCUT2D eigenvalue weighted by atomic mass is 35.5. The first kappa shape index (κ1) is 9.43. The van der Waals surface area contributed by atoms with Gasteiger partial charge in [-0.1, -0.05) is 11.6 Å². The van der Waals surface area contributed by atoms with E-state index in [1.165, 1.54) is 11.3 Å². The molecule has 0 aromatic carbocycles. The maximum atomic E-state index is 5.72. The SMILES string of the molecule is COc1ccc(-c2nc(Cl)cs2)cn1. The van der Waals surface area contributed by atoms with E-state index in [4.69, 9.17) is 16.3 Å². The second-order valence-electron chi connectivity index (χ2n) is 2.56. The number of aromatic nitrogens is 2. The third-order valence-electron chi connectivity index (χ3n) is 1.67. The van der Waals surface area contributed by atoms with Gasteiger partial charge in [-0.25, -0.2) is 9.97 Å². The highest BCUT2D eigenvalue weighted by Gasteiger charge is 2.03. The molecule has 0 amide bonds. The van der Waals surface area contributed by atoms with Gasteiger partial charge in [0.1, 0.15) is 10.2 Å². The zero-order valence-electron chi connectivity index (χ0n) is 7.40. The van der Waals surface area contributed by atoms with E-state index in [1.807, 2.05) is 6.07 Å². The van der Waals surface area contributed by atoms with E-state index >= 15 is 0 Å². The molecule has 2 heterocycles. The van der Waals surface area contributed by atoms with E-state index < -0.39 is 0 Å². The van der Waals surface area contributed by atoms with Crippen molar-refractivity contribution in [1.82, 2.24) is 9.97 Å². The van der Waals surface area contributed by atoms with Gasteiger partial charge in [0, 0.05) is 23.2 Å². The van der Waals surface area contributed by atoms with Crippen LogP contribution in [0, 0.1) is 0 Å². The van der Waals surface area contributed by atoms with Crippen molar-refractivity contribution in [1.29, 1.82) is 0 Å². The summed E-state index contributed by atoms with van der Waals surface area (Å²) in [4.78, 5) is 8.22. The van der Waals surface area contributed by atoms with E-state index in [0.717, 1.165) is 10.6 Å². The molecule has 2 aromatic rings. The van der Waals surface area contributed by atoms with Crippen molar-refractivity contribution in [2.24, 2.45) is 0 Å². The van der Waals surface area contributed by atoms with E-state index in [1.54, 1.807) is 24.8 Å². The molecule has 0 atom stereocenters. The van der Waals surface area contributed by atoms with Gasteiger partial charge in [-0.3, -0.25) is 0 Å². The molecule has 0 radical (unpaired) electrons. The number of nitrogens with zero attached hydrogens (tertiary/aromatic N) is 2. The number of pyridine rings is 1. The molecule has 0 fully saturated rings. The van der Waals surface area contributed by atoms with Gasteiger partial charge < -0.3 is 4.74 Å². The molecule has 72 valence electrons. The zero-order valence-corrected chi connectivity index (χ0v) is 8.97. The Hall–Kier alpha value is -1.13. The normalized spacial score (nSPS) is 10.1. The van der Waals surface area contributed by atoms with Crippen molar-refractivity contribution in [2.75, 3.05) is 7.11 Å². The van der Waals surface area contributed by atoms with Crippen molar-refractivity contribution in [3.05, 3.63) is 28.9 Å². The van der Waals surface area contributed by atoms with E-state index in [2.05, 4.69) is 9.97 Å². The van der Waals surface area contributed by atoms with Crippen LogP contribution in [0.3, 0.4) is 0 Å². The molecule has 0 spiro atoms. The topological polar surface area (TPSA) is 35.0 Å². The monoisotopic (exact) mass is 226 g/mol. The van der Waals surface area contributed by atoms with Crippen LogP contribution in [0.4, 0.5) is 0 Å². The van der Waals surface area contributed by atoms with Crippen LogP contribution in [-0.2, 0) is 0 Å². The van der Waals surface area contributed by atoms with Gasteiger partial charge in [0.2, 0.25) is 5.88 Å². The predicted octanol–water partition coefficient (Wildman–Crippen LogP) is 2.87. The Bertz CT molecular complexity index is 427. The lowest BCUT2D eigenvalue weighted by atomic mass is 10.3. The molecule has 2 rings (SSSR count). The lowest BCUT2D eigenvalue weighted by Gasteiger charge is -1.98. The smallest absolute Gasteiger partial charge is 0.212 e. The first-order valence-corrected chi connectivity index (χ1v) is 5.17. The summed E-state index contributed by atoms with van der Waals surface area (Å²) in [6.07, 6.45) is 1.72. The third-order valence-corrected chi connectivity index (χ3v) is 2.88. The number of hydrogen-bond donors (Lipinski definition) is 0. The van der Waals surface area contributed by atoms with Crippen LogP contribution < -0.4 is 4.74 Å². The molecule has 2 aromatic heterocycles. The lowest BCUT2D eigenvalue weighted by Crippen LogP contribution is -1.86. The van der Waals surface area contributed by atoms with Crippen molar-refractivity contribution in [3.63, 3.8) is 0 Å². The van der Waals surface area contributed by atoms with E-state index in [9.17, 15) is 0 Å². The largest absolute Gasteiger partial charge is 0.481 e. The molecule has 0 saturated heterocycles. The average Bonchev–Trinajstić information content (AvgIpc) is 2.65. The number of ether oxygens (including phenoxy) is 1. The summed E-state index contributed by atoms with van der Waals surface area (Å²) in [6.45, 7) is 0. The Balaban J connectivity index is 2.33. The lowest BCUT2D eigenvalue weighted by molar-refractivity contribution is 0.398. The van der Waals surface area contributed by atoms with Gasteiger partial charge in [0.15, 0.2) is 0 Å². The van der Waals surface area contributed by atoms with Crippen molar-refractivity contribution in [3.8, 4) is 16.5 Å². The number of methoxy groups -OCH3 is 1. The van der Waals surface area contributed by atoms with Gasteiger partial charge in [0.25, 0.3) is 0 Å². The van der Waals surface area contributed by atoms with Crippen LogP contribution in [0.2, 0.25) is 5.15 Å². The Labute approximate surface area is 90.3 Å². The summed E-state index contributed by atoms with van der Waals surface area (Å²) in [7, 11) is 1.59. The standard InChI is InChI=1S/C9H7ClN2OS/c1-13-8-3-2-6(4-11-8)9-12-7(10)5-14-9/h2-5H,1H3. The van der Waals surface area contributed by atoms with Crippen LogP contribution >= 0.6 is 22.9 Å². The predicted molar refractivity (Wildman–Crippen MR) is 56.9 cm³/mol. The zero-order chi connectivity index (χ0) is 9.97. The van der Waals surface area contributed by atoms with Crippen molar-refractivity contribution < 1.29 is 4.74 Å². The summed E-state index contributed by atoms with van der Waals surface area (Å²) >= 11 is 7.22. The van der Waals surface area contributed by atoms with Crippen LogP contribution in [0.5, 0.6) is 5.88 Å². The van der Waals surface area contributed by atoms with Crippen LogP contribution in [0.1, 0.15) is 0 Å². The average molecular weight is 227 g/mol. The van der Waals surface area contributed by atoms with E-state index in [-0.39, 0.29) is 0 Å². The summed E-state index contributed by atoms with van der Waals surface area (Å²) in [5.41, 5.74) is 0.947. The number of rotatable bonds is 2. The summed E-state index contributed by atoms with van der Waals surface area (Å²) < 4.78 is 4.96. The maximum absolute atomic E-state index is 5.72. The highest BCUT2D eigenvalue weighted by Crippen LogP contribution is 2.25. The fourth-order valence-corrected chi connectivity index (χ4v) is 1.95. The molecule has 5 heteroatoms. The Morgan fingerprint density at radius 3 is 2.79 bits per heavy atom. The fraction of sp³-hybridized carbons (Fsp3) is 0.111. The van der Waals surface area contributed by atoms with Gasteiger partial charge in [0.05, 0.1) is 7.11 Å². The van der Waals surface area contributed by atoms with Gasteiger partial charge in [-0.15, -0.1) is 11.3 Å². The van der Waals surface area contributed by atoms with Crippen LogP contribution in [0.25, 0.3) is 10.6 Å². The Kier molecular flexibility index (Phi) is 2.65. The van der Waals surface area contributed by atoms with Gasteiger partial charge >= 0.3 is 0 Å². The Morgan fingerprint density at radius 2 is 2.29 bits per heavy atom. The van der Waals surface area contributed by atoms with Crippen molar-refractivity contribution in [2.45, 2.75) is 0 Å². The fourth-order valence-electron chi connectivity index (χ4n) is 1.01. The Morgan fingerprint density at radius 1 is 1.43 bits per heavy atom.